The Bertz CT molecular complexity index is 363. The average molecular weight is 205 g/mol. The Balaban J connectivity index is 2.66. The molecule has 80 valence electrons. The molecule has 0 aliphatic rings. The van der Waals surface area contributed by atoms with Gasteiger partial charge in [-0.3, -0.25) is 4.79 Å². The standard InChI is InChI=1S/C11H15N3O/c1-3-5-9(12)11(15)14-10-8(2)6-4-7-13-10/h3-4,6-7,9H,1,5,12H2,2H3,(H,13,14,15). The van der Waals surface area contributed by atoms with E-state index in [4.69, 9.17) is 5.73 Å². The molecule has 1 rings (SSSR count). The Hall–Kier alpha value is -1.68. The Kier molecular flexibility index (Phi) is 4.00. The molecule has 0 aliphatic carbocycles. The molecule has 0 bridgehead atoms. The van der Waals surface area contributed by atoms with Crippen LogP contribution in [0.1, 0.15) is 12.0 Å². The number of amides is 1. The molecule has 1 atom stereocenters. The minimum atomic E-state index is -0.566. The number of nitrogens with zero attached hydrogens (tertiary/aromatic N) is 1. The predicted molar refractivity (Wildman–Crippen MR) is 60.4 cm³/mol. The summed E-state index contributed by atoms with van der Waals surface area (Å²) in [7, 11) is 0. The first-order valence-electron chi connectivity index (χ1n) is 4.74. The molecule has 0 fully saturated rings. The molecule has 0 saturated carbocycles. The van der Waals surface area contributed by atoms with Gasteiger partial charge in [0, 0.05) is 6.20 Å². The number of hydrogen-bond donors (Lipinski definition) is 2. The van der Waals surface area contributed by atoms with Gasteiger partial charge in [0.2, 0.25) is 5.91 Å². The van der Waals surface area contributed by atoms with Gasteiger partial charge in [-0.05, 0) is 25.0 Å². The Morgan fingerprint density at radius 2 is 2.53 bits per heavy atom. The number of aromatic nitrogens is 1. The van der Waals surface area contributed by atoms with Gasteiger partial charge in [-0.1, -0.05) is 12.1 Å². The topological polar surface area (TPSA) is 68.0 Å². The third kappa shape index (κ3) is 3.18. The highest BCUT2D eigenvalue weighted by molar-refractivity contribution is 5.94. The van der Waals surface area contributed by atoms with Gasteiger partial charge in [0.05, 0.1) is 6.04 Å². The Labute approximate surface area is 89.2 Å². The zero-order valence-electron chi connectivity index (χ0n) is 8.73. The summed E-state index contributed by atoms with van der Waals surface area (Å²) >= 11 is 0. The van der Waals surface area contributed by atoms with Gasteiger partial charge >= 0.3 is 0 Å². The van der Waals surface area contributed by atoms with Crippen molar-refractivity contribution in [2.24, 2.45) is 5.73 Å². The second-order valence-corrected chi connectivity index (χ2v) is 3.29. The number of pyridine rings is 1. The van der Waals surface area contributed by atoms with Gasteiger partial charge in [-0.25, -0.2) is 4.98 Å². The van der Waals surface area contributed by atoms with E-state index in [9.17, 15) is 4.79 Å². The van der Waals surface area contributed by atoms with Crippen molar-refractivity contribution in [1.82, 2.24) is 4.98 Å². The van der Waals surface area contributed by atoms with Crippen molar-refractivity contribution in [1.29, 1.82) is 0 Å². The molecule has 0 aliphatic heterocycles. The molecule has 0 spiro atoms. The van der Waals surface area contributed by atoms with Gasteiger partial charge in [-0.2, -0.15) is 0 Å². The molecule has 15 heavy (non-hydrogen) atoms. The maximum Gasteiger partial charge on any atom is 0.242 e. The summed E-state index contributed by atoms with van der Waals surface area (Å²) in [5.41, 5.74) is 6.53. The predicted octanol–water partition coefficient (Wildman–Crippen LogP) is 1.23. The molecule has 1 amide bonds. The molecule has 1 aromatic rings. The summed E-state index contributed by atoms with van der Waals surface area (Å²) in [6.07, 6.45) is 3.70. The quantitative estimate of drug-likeness (QED) is 0.726. The highest BCUT2D eigenvalue weighted by Gasteiger charge is 2.12. The lowest BCUT2D eigenvalue weighted by Gasteiger charge is -2.10. The fourth-order valence-electron chi connectivity index (χ4n) is 1.11. The van der Waals surface area contributed by atoms with Gasteiger partial charge in [0.25, 0.3) is 0 Å². The number of carbonyl (C=O) groups is 1. The van der Waals surface area contributed by atoms with Crippen LogP contribution in [-0.4, -0.2) is 16.9 Å². The summed E-state index contributed by atoms with van der Waals surface area (Å²) in [6, 6.07) is 3.12. The highest BCUT2D eigenvalue weighted by Crippen LogP contribution is 2.09. The van der Waals surface area contributed by atoms with Crippen LogP contribution < -0.4 is 11.1 Å². The van der Waals surface area contributed by atoms with Crippen molar-refractivity contribution in [3.8, 4) is 0 Å². The van der Waals surface area contributed by atoms with Crippen molar-refractivity contribution in [3.63, 3.8) is 0 Å². The lowest BCUT2D eigenvalue weighted by molar-refractivity contribution is -0.117. The van der Waals surface area contributed by atoms with Crippen LogP contribution in [0.25, 0.3) is 0 Å². The minimum Gasteiger partial charge on any atom is -0.320 e. The number of rotatable bonds is 4. The van der Waals surface area contributed by atoms with E-state index in [1.54, 1.807) is 12.3 Å². The second-order valence-electron chi connectivity index (χ2n) is 3.29. The number of carbonyl (C=O) groups excluding carboxylic acids is 1. The molecule has 4 heteroatoms. The van der Waals surface area contributed by atoms with Crippen molar-refractivity contribution >= 4 is 11.7 Å². The summed E-state index contributed by atoms with van der Waals surface area (Å²) in [6.45, 7) is 5.41. The van der Waals surface area contributed by atoms with Gasteiger partial charge < -0.3 is 11.1 Å². The summed E-state index contributed by atoms with van der Waals surface area (Å²) < 4.78 is 0. The molecular formula is C11H15N3O. The van der Waals surface area contributed by atoms with Crippen LogP contribution in [0.15, 0.2) is 31.0 Å². The number of aryl methyl sites for hydroxylation is 1. The van der Waals surface area contributed by atoms with E-state index in [0.717, 1.165) is 5.56 Å². The largest absolute Gasteiger partial charge is 0.320 e. The van der Waals surface area contributed by atoms with Crippen molar-refractivity contribution < 1.29 is 4.79 Å². The zero-order valence-corrected chi connectivity index (χ0v) is 8.73. The number of hydrogen-bond acceptors (Lipinski definition) is 3. The minimum absolute atomic E-state index is 0.239. The van der Waals surface area contributed by atoms with Crippen LogP contribution in [0.5, 0.6) is 0 Å². The van der Waals surface area contributed by atoms with Crippen LogP contribution in [0.3, 0.4) is 0 Å². The van der Waals surface area contributed by atoms with E-state index in [1.165, 1.54) is 0 Å². The molecule has 0 aromatic carbocycles. The third-order valence-corrected chi connectivity index (χ3v) is 2.01. The average Bonchev–Trinajstić information content (AvgIpc) is 2.21. The molecule has 3 N–H and O–H groups in total. The van der Waals surface area contributed by atoms with Gasteiger partial charge in [0.1, 0.15) is 5.82 Å². The Morgan fingerprint density at radius 3 is 3.13 bits per heavy atom. The van der Waals surface area contributed by atoms with Crippen molar-refractivity contribution in [2.45, 2.75) is 19.4 Å². The van der Waals surface area contributed by atoms with Crippen LogP contribution in [0.2, 0.25) is 0 Å². The number of nitrogens with one attached hydrogen (secondary N) is 1. The van der Waals surface area contributed by atoms with Crippen LogP contribution in [0, 0.1) is 6.92 Å². The van der Waals surface area contributed by atoms with Crippen molar-refractivity contribution in [3.05, 3.63) is 36.5 Å². The van der Waals surface area contributed by atoms with Crippen LogP contribution in [-0.2, 0) is 4.79 Å². The van der Waals surface area contributed by atoms with E-state index in [2.05, 4.69) is 16.9 Å². The fraction of sp³-hybridized carbons (Fsp3) is 0.273. The molecule has 0 radical (unpaired) electrons. The van der Waals surface area contributed by atoms with Gasteiger partial charge in [-0.15, -0.1) is 6.58 Å². The SMILES string of the molecule is C=CCC(N)C(=O)Nc1ncccc1C. The molecule has 4 nitrogen and oxygen atoms in total. The fourth-order valence-corrected chi connectivity index (χ4v) is 1.11. The first-order chi connectivity index (χ1) is 7.15. The van der Waals surface area contributed by atoms with E-state index < -0.39 is 6.04 Å². The molecular weight excluding hydrogens is 190 g/mol. The van der Waals surface area contributed by atoms with E-state index in [-0.39, 0.29) is 5.91 Å². The molecule has 1 heterocycles. The summed E-state index contributed by atoms with van der Waals surface area (Å²) in [5.74, 6) is 0.318. The van der Waals surface area contributed by atoms with E-state index >= 15 is 0 Å². The molecule has 1 aromatic heterocycles. The third-order valence-electron chi connectivity index (χ3n) is 2.01. The maximum absolute atomic E-state index is 11.5. The second kappa shape index (κ2) is 5.26. The van der Waals surface area contributed by atoms with E-state index in [0.29, 0.717) is 12.2 Å². The normalized spacial score (nSPS) is 11.9. The first-order valence-corrected chi connectivity index (χ1v) is 4.74. The molecule has 1 unspecified atom stereocenters. The van der Waals surface area contributed by atoms with Crippen LogP contribution in [0.4, 0.5) is 5.82 Å². The molecule has 0 saturated heterocycles. The summed E-state index contributed by atoms with van der Waals surface area (Å²) in [5, 5.41) is 2.67. The smallest absolute Gasteiger partial charge is 0.242 e. The zero-order chi connectivity index (χ0) is 11.3. The highest BCUT2D eigenvalue weighted by atomic mass is 16.2. The lowest BCUT2D eigenvalue weighted by Crippen LogP contribution is -2.35. The number of anilines is 1. The first kappa shape index (κ1) is 11.4. The van der Waals surface area contributed by atoms with E-state index in [1.807, 2.05) is 19.1 Å². The van der Waals surface area contributed by atoms with Gasteiger partial charge in [0.15, 0.2) is 0 Å². The van der Waals surface area contributed by atoms with Crippen molar-refractivity contribution in [2.75, 3.05) is 5.32 Å². The summed E-state index contributed by atoms with van der Waals surface area (Å²) in [4.78, 5) is 15.6. The number of nitrogens with two attached hydrogens (primary N) is 1. The monoisotopic (exact) mass is 205 g/mol. The Morgan fingerprint density at radius 1 is 1.80 bits per heavy atom. The van der Waals surface area contributed by atoms with Crippen LogP contribution >= 0.6 is 0 Å². The lowest BCUT2D eigenvalue weighted by atomic mass is 10.2. The maximum atomic E-state index is 11.5.